The molecule has 1 aliphatic carbocycles. The van der Waals surface area contributed by atoms with Crippen LogP contribution in [0.2, 0.25) is 0 Å². The van der Waals surface area contributed by atoms with Gasteiger partial charge in [0, 0.05) is 0 Å². The lowest BCUT2D eigenvalue weighted by atomic mass is 9.84. The molecule has 5 atom stereocenters. The zero-order valence-electron chi connectivity index (χ0n) is 15.2. The van der Waals surface area contributed by atoms with Crippen molar-refractivity contribution in [3.63, 3.8) is 0 Å². The quantitative estimate of drug-likeness (QED) is 0.567. The van der Waals surface area contributed by atoms with Gasteiger partial charge in [-0.1, -0.05) is 32.6 Å². The number of aliphatic hydroxyl groups excluding tert-OH is 1. The van der Waals surface area contributed by atoms with E-state index in [1.54, 1.807) is 0 Å². The number of epoxide rings is 1. The van der Waals surface area contributed by atoms with Crippen LogP contribution < -0.4 is 0 Å². The van der Waals surface area contributed by atoms with Gasteiger partial charge in [0.1, 0.15) is 0 Å². The molecule has 0 bridgehead atoms. The van der Waals surface area contributed by atoms with Gasteiger partial charge in [0.25, 0.3) is 0 Å². The third-order valence-corrected chi connectivity index (χ3v) is 5.69. The van der Waals surface area contributed by atoms with E-state index in [1.807, 2.05) is 13.0 Å². The summed E-state index contributed by atoms with van der Waals surface area (Å²) in [4.78, 5) is 0. The average molecular weight is 322 g/mol. The summed E-state index contributed by atoms with van der Waals surface area (Å²) < 4.78 is 5.94. The monoisotopic (exact) mass is 322 g/mol. The van der Waals surface area contributed by atoms with Gasteiger partial charge in [0.2, 0.25) is 0 Å². The lowest BCUT2D eigenvalue weighted by Crippen LogP contribution is -2.25. The maximum absolute atomic E-state index is 10.5. The van der Waals surface area contributed by atoms with Crippen molar-refractivity contribution in [1.82, 2.24) is 0 Å². The molecule has 0 radical (unpaired) electrons. The van der Waals surface area contributed by atoms with Crippen LogP contribution in [0.5, 0.6) is 0 Å². The second-order valence-electron chi connectivity index (χ2n) is 8.33. The summed E-state index contributed by atoms with van der Waals surface area (Å²) in [6.45, 7) is 12.5. The molecular formula is C20H34O3. The Balaban J connectivity index is 2.12. The first-order chi connectivity index (χ1) is 10.6. The Morgan fingerprint density at radius 3 is 2.57 bits per heavy atom. The molecule has 132 valence electrons. The van der Waals surface area contributed by atoms with Crippen LogP contribution in [0.25, 0.3) is 0 Å². The van der Waals surface area contributed by atoms with Crippen molar-refractivity contribution in [2.75, 3.05) is 0 Å². The molecule has 0 spiro atoms. The first kappa shape index (κ1) is 18.7. The molecule has 2 aliphatic rings. The number of aliphatic hydroxyl groups is 2. The van der Waals surface area contributed by atoms with Crippen molar-refractivity contribution in [2.45, 2.75) is 89.6 Å². The fourth-order valence-electron chi connectivity index (χ4n) is 3.51. The van der Waals surface area contributed by atoms with Gasteiger partial charge in [-0.05, 0) is 69.8 Å². The first-order valence-electron chi connectivity index (χ1n) is 9.08. The molecule has 0 saturated carbocycles. The van der Waals surface area contributed by atoms with Crippen LogP contribution in [-0.4, -0.2) is 33.6 Å². The highest BCUT2D eigenvalue weighted by atomic mass is 16.6. The summed E-state index contributed by atoms with van der Waals surface area (Å²) in [6, 6.07) is 0. The maximum atomic E-state index is 10.5. The fraction of sp³-hybridized carbons (Fsp3) is 0.800. The summed E-state index contributed by atoms with van der Waals surface area (Å²) in [5, 5.41) is 20.8. The predicted molar refractivity (Wildman–Crippen MR) is 94.2 cm³/mol. The maximum Gasteiger partial charge on any atom is 0.0920 e. The smallest absolute Gasteiger partial charge is 0.0920 e. The molecule has 0 unspecified atom stereocenters. The van der Waals surface area contributed by atoms with Gasteiger partial charge < -0.3 is 14.9 Å². The Hall–Kier alpha value is -0.640. The Morgan fingerprint density at radius 1 is 1.22 bits per heavy atom. The van der Waals surface area contributed by atoms with Crippen LogP contribution in [0.4, 0.5) is 0 Å². The van der Waals surface area contributed by atoms with Crippen LogP contribution in [-0.2, 0) is 4.74 Å². The van der Waals surface area contributed by atoms with E-state index in [-0.39, 0.29) is 5.60 Å². The summed E-state index contributed by atoms with van der Waals surface area (Å²) in [6.07, 6.45) is 8.81. The predicted octanol–water partition coefficient (Wildman–Crippen LogP) is 3.99. The highest BCUT2D eigenvalue weighted by molar-refractivity contribution is 5.09. The van der Waals surface area contributed by atoms with E-state index >= 15 is 0 Å². The zero-order valence-corrected chi connectivity index (χ0v) is 15.2. The van der Waals surface area contributed by atoms with E-state index in [0.717, 1.165) is 31.3 Å². The average Bonchev–Trinajstić information content (AvgIpc) is 3.11. The van der Waals surface area contributed by atoms with Crippen LogP contribution in [0.3, 0.4) is 0 Å². The lowest BCUT2D eigenvalue weighted by Gasteiger charge is -2.25. The van der Waals surface area contributed by atoms with E-state index in [0.29, 0.717) is 30.8 Å². The highest BCUT2D eigenvalue weighted by Crippen LogP contribution is 2.45. The third kappa shape index (κ3) is 5.17. The molecule has 2 rings (SSSR count). The molecule has 3 nitrogen and oxygen atoms in total. The Morgan fingerprint density at radius 2 is 1.91 bits per heavy atom. The van der Waals surface area contributed by atoms with E-state index in [2.05, 4.69) is 33.4 Å². The number of hydrogen-bond acceptors (Lipinski definition) is 3. The molecular weight excluding hydrogens is 288 g/mol. The Kier molecular flexibility index (Phi) is 5.76. The topological polar surface area (TPSA) is 53.0 Å². The molecule has 1 heterocycles. The van der Waals surface area contributed by atoms with Crippen LogP contribution in [0.1, 0.15) is 66.2 Å². The second kappa shape index (κ2) is 7.08. The van der Waals surface area contributed by atoms with Gasteiger partial charge in [0.15, 0.2) is 0 Å². The minimum Gasteiger partial charge on any atom is -0.389 e. The molecule has 1 fully saturated rings. The largest absolute Gasteiger partial charge is 0.389 e. The Bertz CT molecular complexity index is 452. The number of fused-ring (bicyclic) bond motifs is 1. The van der Waals surface area contributed by atoms with E-state index in [1.165, 1.54) is 0 Å². The minimum absolute atomic E-state index is 0.0150. The molecule has 3 heteroatoms. The minimum atomic E-state index is -0.874. The van der Waals surface area contributed by atoms with Crippen molar-refractivity contribution in [2.24, 2.45) is 11.8 Å². The molecule has 0 aromatic heterocycles. The van der Waals surface area contributed by atoms with Gasteiger partial charge in [-0.25, -0.2) is 0 Å². The summed E-state index contributed by atoms with van der Waals surface area (Å²) >= 11 is 0. The summed E-state index contributed by atoms with van der Waals surface area (Å²) in [5.74, 6) is 0.993. The van der Waals surface area contributed by atoms with Gasteiger partial charge in [-0.3, -0.25) is 0 Å². The van der Waals surface area contributed by atoms with Gasteiger partial charge in [-0.15, -0.1) is 0 Å². The SMILES string of the molecule is C=C1CC[C@@H]2O[C@@]2(C)CC[C@@H](C(C)C)/C=C/[C@](C)(O)CC[C@H]1O. The molecule has 2 N–H and O–H groups in total. The number of rotatable bonds is 1. The number of allylic oxidation sites excluding steroid dienone is 1. The molecule has 0 aromatic carbocycles. The van der Waals surface area contributed by atoms with Crippen molar-refractivity contribution in [3.05, 3.63) is 24.3 Å². The molecule has 1 aliphatic heterocycles. The summed E-state index contributed by atoms with van der Waals surface area (Å²) in [7, 11) is 0. The van der Waals surface area contributed by atoms with Gasteiger partial charge in [-0.2, -0.15) is 0 Å². The van der Waals surface area contributed by atoms with Crippen LogP contribution in [0.15, 0.2) is 24.3 Å². The van der Waals surface area contributed by atoms with Gasteiger partial charge in [0.05, 0.1) is 23.4 Å². The van der Waals surface area contributed by atoms with Crippen LogP contribution >= 0.6 is 0 Å². The van der Waals surface area contributed by atoms with Crippen molar-refractivity contribution in [3.8, 4) is 0 Å². The fourth-order valence-corrected chi connectivity index (χ4v) is 3.51. The van der Waals surface area contributed by atoms with E-state index in [9.17, 15) is 10.2 Å². The molecule has 0 amide bonds. The number of ether oxygens (including phenoxy) is 1. The standard InChI is InChI=1S/C20H34O3/c1-14(2)16-8-11-19(4,22)12-10-17(21)15(3)6-7-18-20(5,23-18)13-9-16/h8,11,14,16-18,21-22H,3,6-7,9-10,12-13H2,1-2,4-5H3/b11-8+/t16-,17+,18-,19-,20-/m0/s1. The Labute approximate surface area is 141 Å². The molecule has 1 saturated heterocycles. The van der Waals surface area contributed by atoms with Crippen molar-refractivity contribution in [1.29, 1.82) is 0 Å². The molecule has 0 aromatic rings. The normalized spacial score (nSPS) is 44.5. The van der Waals surface area contributed by atoms with E-state index in [4.69, 9.17) is 4.74 Å². The summed E-state index contributed by atoms with van der Waals surface area (Å²) in [5.41, 5.74) is -0.0281. The zero-order chi connectivity index (χ0) is 17.3. The number of hydrogen-bond donors (Lipinski definition) is 2. The third-order valence-electron chi connectivity index (χ3n) is 5.69. The van der Waals surface area contributed by atoms with E-state index < -0.39 is 11.7 Å². The van der Waals surface area contributed by atoms with Crippen molar-refractivity contribution < 1.29 is 14.9 Å². The van der Waals surface area contributed by atoms with Crippen molar-refractivity contribution >= 4 is 0 Å². The first-order valence-corrected chi connectivity index (χ1v) is 9.08. The highest BCUT2D eigenvalue weighted by Gasteiger charge is 2.51. The van der Waals surface area contributed by atoms with Gasteiger partial charge >= 0.3 is 0 Å². The second-order valence-corrected chi connectivity index (χ2v) is 8.33. The lowest BCUT2D eigenvalue weighted by molar-refractivity contribution is 0.0792. The van der Waals surface area contributed by atoms with Crippen LogP contribution in [0, 0.1) is 11.8 Å². The molecule has 23 heavy (non-hydrogen) atoms.